The second-order valence-electron chi connectivity index (χ2n) is 6.33. The molecule has 0 aliphatic rings. The van der Waals surface area contributed by atoms with Crippen LogP contribution in [0.25, 0.3) is 0 Å². The molecule has 1 N–H and O–H groups in total. The van der Waals surface area contributed by atoms with Gasteiger partial charge in [-0.15, -0.1) is 0 Å². The van der Waals surface area contributed by atoms with Crippen molar-refractivity contribution in [1.29, 1.82) is 0 Å². The zero-order valence-electron chi connectivity index (χ0n) is 16.2. The van der Waals surface area contributed by atoms with Crippen LogP contribution in [0.5, 0.6) is 0 Å². The molecule has 0 atom stereocenters. The molecule has 0 unspecified atom stereocenters. The molecule has 0 saturated heterocycles. The molecule has 0 bridgehead atoms. The smallest absolute Gasteiger partial charge is 0.316 e. The van der Waals surface area contributed by atoms with Crippen LogP contribution in [0.3, 0.4) is 0 Å². The monoisotopic (exact) mass is 499 g/mol. The standard InChI is InChI=1S/C10H9F6N.C9H4F6O/c1-17-5-6-2-3-7(4-8(6)11)9(12,13)10(14,15)16;10-7-3-6(2-1-5(7)4-16)8(11,12)9(13,14)15/h2-4,17H,5H2,1H3;1-4H. The Balaban J connectivity index is 0.000000331. The van der Waals surface area contributed by atoms with Crippen molar-refractivity contribution in [3.63, 3.8) is 0 Å². The Hall–Kier alpha value is -2.77. The quantitative estimate of drug-likeness (QED) is 0.377. The van der Waals surface area contributed by atoms with Crippen molar-refractivity contribution in [1.82, 2.24) is 5.32 Å². The van der Waals surface area contributed by atoms with Gasteiger partial charge in [-0.05, 0) is 25.2 Å². The van der Waals surface area contributed by atoms with E-state index >= 15 is 0 Å². The van der Waals surface area contributed by atoms with Crippen molar-refractivity contribution in [2.24, 2.45) is 0 Å². The van der Waals surface area contributed by atoms with Crippen LogP contribution in [-0.4, -0.2) is 25.7 Å². The van der Waals surface area contributed by atoms with E-state index in [1.54, 1.807) is 0 Å². The maximum Gasteiger partial charge on any atom is 0.458 e. The molecule has 2 rings (SSSR count). The van der Waals surface area contributed by atoms with Crippen molar-refractivity contribution >= 4 is 6.29 Å². The molecule has 33 heavy (non-hydrogen) atoms. The largest absolute Gasteiger partial charge is 0.458 e. The van der Waals surface area contributed by atoms with Crippen LogP contribution >= 0.6 is 0 Å². The highest BCUT2D eigenvalue weighted by Crippen LogP contribution is 2.45. The van der Waals surface area contributed by atoms with Gasteiger partial charge >= 0.3 is 24.2 Å². The normalized spacial score (nSPS) is 12.8. The van der Waals surface area contributed by atoms with E-state index < -0.39 is 52.5 Å². The molecule has 2 aromatic carbocycles. The summed E-state index contributed by atoms with van der Waals surface area (Å²) < 4.78 is 149. The highest BCUT2D eigenvalue weighted by atomic mass is 19.4. The summed E-state index contributed by atoms with van der Waals surface area (Å²) >= 11 is 0. The van der Waals surface area contributed by atoms with Crippen LogP contribution < -0.4 is 5.32 Å². The predicted octanol–water partition coefficient (Wildman–Crippen LogP) is 6.49. The third kappa shape index (κ3) is 6.39. The maximum absolute atomic E-state index is 13.2. The maximum atomic E-state index is 13.2. The number of carbonyl (C=O) groups excluding carboxylic acids is 1. The SMILES string of the molecule is CNCc1ccc(C(F)(F)C(F)(F)F)cc1F.O=Cc1ccc(C(F)(F)C(F)(F)F)cc1F. The number of nitrogens with one attached hydrogen (secondary N) is 1. The lowest BCUT2D eigenvalue weighted by molar-refractivity contribution is -0.289. The molecular formula is C19H13F12NO. The van der Waals surface area contributed by atoms with Gasteiger partial charge in [-0.3, -0.25) is 4.79 Å². The summed E-state index contributed by atoms with van der Waals surface area (Å²) in [7, 11) is 1.50. The second kappa shape index (κ2) is 10.0. The van der Waals surface area contributed by atoms with E-state index in [4.69, 9.17) is 0 Å². The molecule has 0 aliphatic heterocycles. The number of hydrogen-bond acceptors (Lipinski definition) is 2. The minimum absolute atomic E-state index is 0.00275. The predicted molar refractivity (Wildman–Crippen MR) is 90.8 cm³/mol. The van der Waals surface area contributed by atoms with E-state index in [0.29, 0.717) is 18.2 Å². The Morgan fingerprint density at radius 3 is 1.48 bits per heavy atom. The van der Waals surface area contributed by atoms with Crippen LogP contribution in [-0.2, 0) is 18.4 Å². The summed E-state index contributed by atoms with van der Waals surface area (Å²) in [5, 5.41) is 2.56. The van der Waals surface area contributed by atoms with Gasteiger partial charge in [0.25, 0.3) is 0 Å². The summed E-state index contributed by atoms with van der Waals surface area (Å²) in [5.41, 5.74) is -3.50. The van der Waals surface area contributed by atoms with E-state index in [2.05, 4.69) is 5.32 Å². The van der Waals surface area contributed by atoms with Crippen molar-refractivity contribution in [3.8, 4) is 0 Å². The Labute approximate surface area is 178 Å². The molecule has 0 radical (unpaired) electrons. The number of hydrogen-bond donors (Lipinski definition) is 1. The van der Waals surface area contributed by atoms with E-state index in [1.165, 1.54) is 7.05 Å². The lowest BCUT2D eigenvalue weighted by Crippen LogP contribution is -2.33. The van der Waals surface area contributed by atoms with Crippen molar-refractivity contribution < 1.29 is 57.5 Å². The van der Waals surface area contributed by atoms with Crippen molar-refractivity contribution in [3.05, 3.63) is 70.3 Å². The molecule has 0 spiro atoms. The van der Waals surface area contributed by atoms with Crippen LogP contribution in [0, 0.1) is 11.6 Å². The van der Waals surface area contributed by atoms with Crippen LogP contribution in [0.2, 0.25) is 0 Å². The van der Waals surface area contributed by atoms with Gasteiger partial charge in [0.2, 0.25) is 0 Å². The van der Waals surface area contributed by atoms with Crippen LogP contribution in [0.15, 0.2) is 36.4 Å². The first kappa shape index (κ1) is 28.3. The summed E-state index contributed by atoms with van der Waals surface area (Å²) in [4.78, 5) is 10.1. The average molecular weight is 499 g/mol. The zero-order chi connectivity index (χ0) is 25.8. The first-order valence-electron chi connectivity index (χ1n) is 8.48. The zero-order valence-corrected chi connectivity index (χ0v) is 16.2. The molecule has 0 fully saturated rings. The number of halogens is 12. The van der Waals surface area contributed by atoms with Crippen LogP contribution in [0.1, 0.15) is 27.0 Å². The van der Waals surface area contributed by atoms with E-state index in [-0.39, 0.29) is 30.5 Å². The molecule has 14 heteroatoms. The fraction of sp³-hybridized carbons (Fsp3) is 0.316. The molecule has 0 saturated carbocycles. The highest BCUT2D eigenvalue weighted by Gasteiger charge is 2.59. The molecule has 2 nitrogen and oxygen atoms in total. The lowest BCUT2D eigenvalue weighted by Gasteiger charge is -2.20. The fourth-order valence-corrected chi connectivity index (χ4v) is 2.22. The minimum Gasteiger partial charge on any atom is -0.316 e. The van der Waals surface area contributed by atoms with Gasteiger partial charge in [0.05, 0.1) is 5.56 Å². The third-order valence-electron chi connectivity index (χ3n) is 3.98. The highest BCUT2D eigenvalue weighted by molar-refractivity contribution is 5.75. The minimum atomic E-state index is -5.80. The van der Waals surface area contributed by atoms with Gasteiger partial charge in [-0.1, -0.05) is 18.2 Å². The molecule has 0 aromatic heterocycles. The summed E-state index contributed by atoms with van der Waals surface area (Å²) in [5.74, 6) is -12.7. The number of benzene rings is 2. The van der Waals surface area contributed by atoms with Gasteiger partial charge in [0, 0.05) is 23.2 Å². The van der Waals surface area contributed by atoms with Crippen molar-refractivity contribution in [2.45, 2.75) is 30.7 Å². The molecule has 2 aromatic rings. The average Bonchev–Trinajstić information content (AvgIpc) is 2.68. The van der Waals surface area contributed by atoms with Gasteiger partial charge < -0.3 is 5.32 Å². The van der Waals surface area contributed by atoms with Gasteiger partial charge in [0.1, 0.15) is 11.6 Å². The summed E-state index contributed by atoms with van der Waals surface area (Å²) in [6.45, 7) is 0.0453. The fourth-order valence-electron chi connectivity index (χ4n) is 2.22. The van der Waals surface area contributed by atoms with Crippen LogP contribution in [0.4, 0.5) is 52.7 Å². The molecule has 0 amide bonds. The molecule has 0 aliphatic carbocycles. The Morgan fingerprint density at radius 1 is 0.727 bits per heavy atom. The van der Waals surface area contributed by atoms with Gasteiger partial charge in [0.15, 0.2) is 6.29 Å². The van der Waals surface area contributed by atoms with Gasteiger partial charge in [-0.25, -0.2) is 8.78 Å². The molecular weight excluding hydrogens is 486 g/mol. The van der Waals surface area contributed by atoms with Crippen molar-refractivity contribution in [2.75, 3.05) is 7.05 Å². The Bertz CT molecular complexity index is 966. The number of aldehydes is 1. The first-order chi connectivity index (χ1) is 14.9. The second-order valence-corrected chi connectivity index (χ2v) is 6.33. The van der Waals surface area contributed by atoms with E-state index in [1.807, 2.05) is 0 Å². The number of rotatable bonds is 5. The summed E-state index contributed by atoms with van der Waals surface area (Å²) in [6.07, 6.45) is -11.5. The summed E-state index contributed by atoms with van der Waals surface area (Å²) in [6, 6.07) is 2.61. The Kier molecular flexibility index (Phi) is 8.58. The first-order valence-corrected chi connectivity index (χ1v) is 8.48. The topological polar surface area (TPSA) is 29.1 Å². The van der Waals surface area contributed by atoms with E-state index in [0.717, 1.165) is 6.07 Å². The number of alkyl halides is 10. The Morgan fingerprint density at radius 2 is 1.15 bits per heavy atom. The van der Waals surface area contributed by atoms with Gasteiger partial charge in [-0.2, -0.15) is 43.9 Å². The third-order valence-corrected chi connectivity index (χ3v) is 3.98. The molecule has 0 heterocycles. The molecule has 184 valence electrons. The number of carbonyl (C=O) groups is 1. The van der Waals surface area contributed by atoms with E-state index in [9.17, 15) is 57.5 Å². The lowest BCUT2D eigenvalue weighted by atomic mass is 10.1.